The van der Waals surface area contributed by atoms with Gasteiger partial charge in [0.15, 0.2) is 6.61 Å². The van der Waals surface area contributed by atoms with Gasteiger partial charge in [0.1, 0.15) is 0 Å². The Bertz CT molecular complexity index is 210. The average Bonchev–Trinajstić information content (AvgIpc) is 2.25. The van der Waals surface area contributed by atoms with Crippen LogP contribution in [0, 0.1) is 0 Å². The Kier molecular flexibility index (Phi) is 6.14. The fraction of sp³-hybridized carbons (Fsp3) is 1.00. The first kappa shape index (κ1) is 14.7. The Hall–Kier alpha value is -0.410. The quantitative estimate of drug-likeness (QED) is 0.509. The minimum Gasteiger partial charge on any atom is -0.390 e. The number of hydrogen-bond donors (Lipinski definition) is 2. The number of halogens is 3. The zero-order chi connectivity index (χ0) is 12.7. The first-order valence-corrected chi connectivity index (χ1v) is 5.37. The highest BCUT2D eigenvalue weighted by atomic mass is 19.4. The van der Waals surface area contributed by atoms with Gasteiger partial charge < -0.3 is 9.84 Å². The van der Waals surface area contributed by atoms with Crippen molar-refractivity contribution in [2.45, 2.75) is 12.3 Å². The summed E-state index contributed by atoms with van der Waals surface area (Å²) in [5.74, 6) is 0. The molecule has 8 heteroatoms. The van der Waals surface area contributed by atoms with E-state index in [4.69, 9.17) is 4.74 Å². The molecule has 2 N–H and O–H groups in total. The van der Waals surface area contributed by atoms with E-state index in [1.807, 2.05) is 4.90 Å². The van der Waals surface area contributed by atoms with Crippen molar-refractivity contribution in [3.8, 4) is 0 Å². The van der Waals surface area contributed by atoms with Crippen LogP contribution in [0.5, 0.6) is 0 Å². The second kappa shape index (κ2) is 7.12. The van der Waals surface area contributed by atoms with E-state index in [1.54, 1.807) is 0 Å². The molecule has 1 unspecified atom stereocenters. The predicted octanol–water partition coefficient (Wildman–Crippen LogP) is -0.237. The minimum absolute atomic E-state index is 0.0343. The Balaban J connectivity index is 2.02. The van der Waals surface area contributed by atoms with Gasteiger partial charge >= 0.3 is 6.18 Å². The number of β-amino-alcohol motifs (C(OH)–C–C–N with tert-alkyl or cyclic N) is 1. The number of ether oxygens (including phenoxy) is 1. The third-order valence-corrected chi connectivity index (χ3v) is 2.23. The summed E-state index contributed by atoms with van der Waals surface area (Å²) < 4.78 is 40.2. The SMILES string of the molecule is OC(CNOCC(F)(F)F)CN1CCOCC1. The minimum atomic E-state index is -4.36. The molecule has 0 saturated carbocycles. The van der Waals surface area contributed by atoms with E-state index in [0.717, 1.165) is 13.1 Å². The Morgan fingerprint density at radius 1 is 1.35 bits per heavy atom. The summed E-state index contributed by atoms with van der Waals surface area (Å²) in [6.45, 7) is 1.67. The maximum atomic E-state index is 11.7. The van der Waals surface area contributed by atoms with E-state index in [2.05, 4.69) is 10.3 Å². The van der Waals surface area contributed by atoms with E-state index in [1.165, 1.54) is 0 Å². The second-order valence-corrected chi connectivity index (χ2v) is 3.82. The van der Waals surface area contributed by atoms with Gasteiger partial charge in [-0.1, -0.05) is 0 Å². The van der Waals surface area contributed by atoms with Gasteiger partial charge in [-0.25, -0.2) is 0 Å². The fourth-order valence-electron chi connectivity index (χ4n) is 1.43. The first-order valence-electron chi connectivity index (χ1n) is 5.37. The van der Waals surface area contributed by atoms with Crippen LogP contribution in [0.2, 0.25) is 0 Å². The number of hydroxylamine groups is 1. The number of hydrogen-bond acceptors (Lipinski definition) is 5. The van der Waals surface area contributed by atoms with Crippen molar-refractivity contribution in [1.82, 2.24) is 10.4 Å². The van der Waals surface area contributed by atoms with E-state index in [9.17, 15) is 18.3 Å². The Morgan fingerprint density at radius 3 is 2.59 bits per heavy atom. The first-order chi connectivity index (χ1) is 7.97. The summed E-state index contributed by atoms with van der Waals surface area (Å²) >= 11 is 0. The van der Waals surface area contributed by atoms with Crippen LogP contribution in [0.25, 0.3) is 0 Å². The van der Waals surface area contributed by atoms with Gasteiger partial charge in [0.05, 0.1) is 19.3 Å². The van der Waals surface area contributed by atoms with Crippen molar-refractivity contribution in [2.75, 3.05) is 46.0 Å². The monoisotopic (exact) mass is 258 g/mol. The molecule has 1 saturated heterocycles. The zero-order valence-electron chi connectivity index (χ0n) is 9.37. The lowest BCUT2D eigenvalue weighted by molar-refractivity contribution is -0.191. The van der Waals surface area contributed by atoms with Crippen LogP contribution in [0.15, 0.2) is 0 Å². The molecule has 0 amide bonds. The summed E-state index contributed by atoms with van der Waals surface area (Å²) in [4.78, 5) is 6.17. The predicted molar refractivity (Wildman–Crippen MR) is 53.3 cm³/mol. The molecule has 0 radical (unpaired) electrons. The van der Waals surface area contributed by atoms with Gasteiger partial charge in [0.25, 0.3) is 0 Å². The maximum absolute atomic E-state index is 11.7. The number of rotatable bonds is 6. The van der Waals surface area contributed by atoms with Crippen molar-refractivity contribution in [2.24, 2.45) is 0 Å². The molecule has 0 bridgehead atoms. The molecule has 17 heavy (non-hydrogen) atoms. The van der Waals surface area contributed by atoms with Gasteiger partial charge in [-0.2, -0.15) is 18.7 Å². The lowest BCUT2D eigenvalue weighted by atomic mass is 10.3. The molecule has 1 rings (SSSR count). The molecule has 0 aromatic rings. The van der Waals surface area contributed by atoms with Crippen LogP contribution in [-0.4, -0.2) is 68.3 Å². The van der Waals surface area contributed by atoms with Crippen LogP contribution in [0.3, 0.4) is 0 Å². The smallest absolute Gasteiger partial charge is 0.390 e. The van der Waals surface area contributed by atoms with Crippen LogP contribution in [0.1, 0.15) is 0 Å². The normalized spacial score (nSPS) is 20.5. The molecule has 1 atom stereocenters. The molecule has 1 aliphatic rings. The lowest BCUT2D eigenvalue weighted by Gasteiger charge is -2.28. The average molecular weight is 258 g/mol. The lowest BCUT2D eigenvalue weighted by Crippen LogP contribution is -2.44. The zero-order valence-corrected chi connectivity index (χ0v) is 9.37. The number of nitrogens with one attached hydrogen (secondary N) is 1. The van der Waals surface area contributed by atoms with E-state index in [-0.39, 0.29) is 6.54 Å². The standard InChI is InChI=1S/C9H17F3N2O3/c10-9(11,12)7-17-13-5-8(15)6-14-1-3-16-4-2-14/h8,13,15H,1-7H2. The number of nitrogens with zero attached hydrogens (tertiary/aromatic N) is 1. The molecule has 102 valence electrons. The van der Waals surface area contributed by atoms with E-state index < -0.39 is 18.9 Å². The summed E-state index contributed by atoms with van der Waals surface area (Å²) in [6, 6.07) is 0. The van der Waals surface area contributed by atoms with Gasteiger partial charge in [-0.3, -0.25) is 9.74 Å². The highest BCUT2D eigenvalue weighted by Crippen LogP contribution is 2.13. The highest BCUT2D eigenvalue weighted by molar-refractivity contribution is 4.67. The van der Waals surface area contributed by atoms with Crippen molar-refractivity contribution < 1.29 is 27.9 Å². The molecular formula is C9H17F3N2O3. The number of aliphatic hydroxyl groups excluding tert-OH is 1. The second-order valence-electron chi connectivity index (χ2n) is 3.82. The number of aliphatic hydroxyl groups is 1. The highest BCUT2D eigenvalue weighted by Gasteiger charge is 2.27. The third kappa shape index (κ3) is 7.50. The summed E-state index contributed by atoms with van der Waals surface area (Å²) in [7, 11) is 0. The van der Waals surface area contributed by atoms with Crippen LogP contribution in [0.4, 0.5) is 13.2 Å². The molecule has 0 spiro atoms. The topological polar surface area (TPSA) is 54.0 Å². The summed E-state index contributed by atoms with van der Waals surface area (Å²) in [6.07, 6.45) is -5.12. The molecule has 0 aromatic carbocycles. The number of morpholine rings is 1. The van der Waals surface area contributed by atoms with Crippen molar-refractivity contribution >= 4 is 0 Å². The van der Waals surface area contributed by atoms with Gasteiger partial charge in [-0.15, -0.1) is 0 Å². The summed E-state index contributed by atoms with van der Waals surface area (Å²) in [5.41, 5.74) is 2.10. The molecule has 0 aliphatic carbocycles. The molecule has 5 nitrogen and oxygen atoms in total. The van der Waals surface area contributed by atoms with E-state index in [0.29, 0.717) is 19.8 Å². The van der Waals surface area contributed by atoms with Gasteiger partial charge in [0.2, 0.25) is 0 Å². The Morgan fingerprint density at radius 2 is 2.00 bits per heavy atom. The molecule has 1 fully saturated rings. The summed E-state index contributed by atoms with van der Waals surface area (Å²) in [5, 5.41) is 9.52. The van der Waals surface area contributed by atoms with Crippen LogP contribution >= 0.6 is 0 Å². The van der Waals surface area contributed by atoms with Crippen molar-refractivity contribution in [1.29, 1.82) is 0 Å². The van der Waals surface area contributed by atoms with Crippen LogP contribution < -0.4 is 5.48 Å². The van der Waals surface area contributed by atoms with Gasteiger partial charge in [0, 0.05) is 26.2 Å². The fourth-order valence-corrected chi connectivity index (χ4v) is 1.43. The third-order valence-electron chi connectivity index (χ3n) is 2.23. The molecule has 0 aromatic heterocycles. The molecular weight excluding hydrogens is 241 g/mol. The Labute approximate surface area is 97.4 Å². The van der Waals surface area contributed by atoms with Crippen LogP contribution in [-0.2, 0) is 9.57 Å². The molecule has 1 aliphatic heterocycles. The molecule has 1 heterocycles. The maximum Gasteiger partial charge on any atom is 0.413 e. The largest absolute Gasteiger partial charge is 0.413 e. The van der Waals surface area contributed by atoms with Gasteiger partial charge in [-0.05, 0) is 0 Å². The van der Waals surface area contributed by atoms with Crippen molar-refractivity contribution in [3.05, 3.63) is 0 Å². The number of alkyl halides is 3. The van der Waals surface area contributed by atoms with Crippen molar-refractivity contribution in [3.63, 3.8) is 0 Å². The van der Waals surface area contributed by atoms with E-state index >= 15 is 0 Å².